The molecule has 0 unspecified atom stereocenters. The fraction of sp³-hybridized carbons (Fsp3) is 0.846. The number of hydrogen-bond donors (Lipinski definition) is 2. The lowest BCUT2D eigenvalue weighted by atomic mass is 9.73. The highest BCUT2D eigenvalue weighted by Gasteiger charge is 2.51. The molecular formula is C13H23N3O4. The number of piperidine rings is 1. The zero-order valence-corrected chi connectivity index (χ0v) is 11.7. The van der Waals surface area contributed by atoms with Gasteiger partial charge in [0.05, 0.1) is 31.8 Å². The lowest BCUT2D eigenvalue weighted by Crippen LogP contribution is -2.66. The van der Waals surface area contributed by atoms with Gasteiger partial charge in [-0.05, 0) is 6.42 Å². The van der Waals surface area contributed by atoms with Crippen molar-refractivity contribution in [1.29, 1.82) is 0 Å². The summed E-state index contributed by atoms with van der Waals surface area (Å²) >= 11 is 0. The molecule has 0 aromatic rings. The molecule has 1 spiro atoms. The highest BCUT2D eigenvalue weighted by Crippen LogP contribution is 2.37. The van der Waals surface area contributed by atoms with E-state index in [1.54, 1.807) is 0 Å². The van der Waals surface area contributed by atoms with Gasteiger partial charge < -0.3 is 15.2 Å². The van der Waals surface area contributed by atoms with Gasteiger partial charge in [0.25, 0.3) is 0 Å². The van der Waals surface area contributed by atoms with Crippen molar-refractivity contribution in [2.45, 2.75) is 12.8 Å². The van der Waals surface area contributed by atoms with E-state index in [1.165, 1.54) is 0 Å². The molecule has 0 aromatic heterocycles. The first-order valence-electron chi connectivity index (χ1n) is 7.08. The predicted octanol–water partition coefficient (Wildman–Crippen LogP) is -1.28. The number of likely N-dealkylation sites (tertiary alicyclic amines) is 1. The predicted molar refractivity (Wildman–Crippen MR) is 71.9 cm³/mol. The van der Waals surface area contributed by atoms with Gasteiger partial charge in [0.15, 0.2) is 0 Å². The van der Waals surface area contributed by atoms with Crippen LogP contribution in [0.15, 0.2) is 0 Å². The Hall–Kier alpha value is -1.02. The minimum Gasteiger partial charge on any atom is -0.378 e. The van der Waals surface area contributed by atoms with Gasteiger partial charge in [0.1, 0.15) is 0 Å². The van der Waals surface area contributed by atoms with Crippen molar-refractivity contribution in [2.75, 3.05) is 52.6 Å². The van der Waals surface area contributed by atoms with Crippen LogP contribution in [0.2, 0.25) is 0 Å². The van der Waals surface area contributed by atoms with Crippen molar-refractivity contribution < 1.29 is 19.1 Å². The number of carbonyl (C=O) groups excluding carboxylic acids is 2. The van der Waals surface area contributed by atoms with Gasteiger partial charge in [-0.25, -0.2) is 0 Å². The number of nitrogens with zero attached hydrogens (tertiary/aromatic N) is 1. The van der Waals surface area contributed by atoms with Crippen LogP contribution in [0.4, 0.5) is 0 Å². The largest absolute Gasteiger partial charge is 0.378 e. The Morgan fingerprint density at radius 1 is 1.15 bits per heavy atom. The van der Waals surface area contributed by atoms with Crippen LogP contribution < -0.4 is 11.1 Å². The third-order valence-corrected chi connectivity index (χ3v) is 3.80. The molecule has 7 heteroatoms. The van der Waals surface area contributed by atoms with Crippen LogP contribution >= 0.6 is 0 Å². The number of imide groups is 1. The summed E-state index contributed by atoms with van der Waals surface area (Å²) in [7, 11) is 0. The summed E-state index contributed by atoms with van der Waals surface area (Å²) in [6.45, 7) is 5.09. The number of ether oxygens (including phenoxy) is 2. The Bertz CT molecular complexity index is 356. The lowest BCUT2D eigenvalue weighted by molar-refractivity contribution is -0.152. The van der Waals surface area contributed by atoms with E-state index < -0.39 is 0 Å². The van der Waals surface area contributed by atoms with Crippen LogP contribution in [0.25, 0.3) is 0 Å². The topological polar surface area (TPSA) is 93.9 Å². The SMILES string of the molecule is NCCOCCOCCN1CC2(CCC(=O)NC2=O)C1. The van der Waals surface area contributed by atoms with Crippen LogP contribution in [0.1, 0.15) is 12.8 Å². The number of nitrogens with two attached hydrogens (primary N) is 1. The molecule has 2 heterocycles. The maximum absolute atomic E-state index is 11.8. The zero-order chi connectivity index (χ0) is 14.4. The lowest BCUT2D eigenvalue weighted by Gasteiger charge is -2.50. The average Bonchev–Trinajstić information content (AvgIpc) is 2.38. The molecule has 2 saturated heterocycles. The van der Waals surface area contributed by atoms with E-state index in [9.17, 15) is 9.59 Å². The Morgan fingerprint density at radius 2 is 1.85 bits per heavy atom. The van der Waals surface area contributed by atoms with Crippen molar-refractivity contribution in [3.05, 3.63) is 0 Å². The molecule has 114 valence electrons. The standard InChI is InChI=1S/C13H23N3O4/c14-3-5-19-7-8-20-6-4-16-9-13(10-16)2-1-11(17)15-12(13)18/h1-10,14H2,(H,15,17,18). The van der Waals surface area contributed by atoms with Gasteiger partial charge in [0.2, 0.25) is 11.8 Å². The molecule has 2 aliphatic heterocycles. The molecule has 3 N–H and O–H groups in total. The van der Waals surface area contributed by atoms with Crippen LogP contribution in [0.5, 0.6) is 0 Å². The number of amides is 2. The quantitative estimate of drug-likeness (QED) is 0.426. The Kier molecular flexibility index (Phi) is 5.47. The molecule has 20 heavy (non-hydrogen) atoms. The van der Waals surface area contributed by atoms with Crippen molar-refractivity contribution in [1.82, 2.24) is 10.2 Å². The van der Waals surface area contributed by atoms with Crippen molar-refractivity contribution in [3.63, 3.8) is 0 Å². The normalized spacial score (nSPS) is 21.9. The number of carbonyl (C=O) groups is 2. The van der Waals surface area contributed by atoms with Gasteiger partial charge in [-0.2, -0.15) is 0 Å². The number of rotatable bonds is 8. The van der Waals surface area contributed by atoms with Gasteiger partial charge in [-0.3, -0.25) is 19.8 Å². The van der Waals surface area contributed by atoms with E-state index in [-0.39, 0.29) is 17.2 Å². The average molecular weight is 285 g/mol. The van der Waals surface area contributed by atoms with Crippen LogP contribution in [-0.4, -0.2) is 69.3 Å². The van der Waals surface area contributed by atoms with Crippen molar-refractivity contribution in [2.24, 2.45) is 11.1 Å². The van der Waals surface area contributed by atoms with E-state index in [0.717, 1.165) is 19.6 Å². The summed E-state index contributed by atoms with van der Waals surface area (Å²) in [6, 6.07) is 0. The van der Waals surface area contributed by atoms with E-state index in [4.69, 9.17) is 15.2 Å². The first-order chi connectivity index (χ1) is 9.66. The maximum atomic E-state index is 11.8. The maximum Gasteiger partial charge on any atom is 0.235 e. The Labute approximate surface area is 118 Å². The second-order valence-electron chi connectivity index (χ2n) is 5.38. The van der Waals surface area contributed by atoms with Gasteiger partial charge >= 0.3 is 0 Å². The highest BCUT2D eigenvalue weighted by atomic mass is 16.5. The van der Waals surface area contributed by atoms with E-state index in [1.807, 2.05) is 0 Å². The molecule has 0 aromatic carbocycles. The number of nitrogens with one attached hydrogen (secondary N) is 1. The summed E-state index contributed by atoms with van der Waals surface area (Å²) in [5.74, 6) is -0.263. The molecule has 2 rings (SSSR count). The summed E-state index contributed by atoms with van der Waals surface area (Å²) in [6.07, 6.45) is 1.12. The number of hydrogen-bond acceptors (Lipinski definition) is 6. The molecule has 0 atom stereocenters. The molecule has 7 nitrogen and oxygen atoms in total. The second kappa shape index (κ2) is 7.12. The molecule has 0 radical (unpaired) electrons. The summed E-state index contributed by atoms with van der Waals surface area (Å²) in [5.41, 5.74) is 4.96. The molecule has 0 saturated carbocycles. The van der Waals surface area contributed by atoms with Gasteiger partial charge in [0, 0.05) is 32.6 Å². The molecule has 0 aliphatic carbocycles. The van der Waals surface area contributed by atoms with E-state index in [0.29, 0.717) is 45.8 Å². The van der Waals surface area contributed by atoms with E-state index in [2.05, 4.69) is 10.2 Å². The summed E-state index contributed by atoms with van der Waals surface area (Å²) in [4.78, 5) is 25.1. The third kappa shape index (κ3) is 3.76. The Balaban J connectivity index is 1.53. The summed E-state index contributed by atoms with van der Waals surface area (Å²) < 4.78 is 10.6. The fourth-order valence-electron chi connectivity index (χ4n) is 2.66. The molecule has 2 aliphatic rings. The van der Waals surface area contributed by atoms with Crippen LogP contribution in [0.3, 0.4) is 0 Å². The fourth-order valence-corrected chi connectivity index (χ4v) is 2.66. The van der Waals surface area contributed by atoms with Gasteiger partial charge in [-0.1, -0.05) is 0 Å². The van der Waals surface area contributed by atoms with Crippen molar-refractivity contribution in [3.8, 4) is 0 Å². The van der Waals surface area contributed by atoms with Gasteiger partial charge in [-0.15, -0.1) is 0 Å². The molecule has 2 fully saturated rings. The monoisotopic (exact) mass is 285 g/mol. The molecular weight excluding hydrogens is 262 g/mol. The minimum absolute atomic E-state index is 0.110. The van der Waals surface area contributed by atoms with E-state index >= 15 is 0 Å². The smallest absolute Gasteiger partial charge is 0.235 e. The molecule has 2 amide bonds. The van der Waals surface area contributed by atoms with Crippen LogP contribution in [-0.2, 0) is 19.1 Å². The van der Waals surface area contributed by atoms with Crippen molar-refractivity contribution >= 4 is 11.8 Å². The Morgan fingerprint density at radius 3 is 2.50 bits per heavy atom. The highest BCUT2D eigenvalue weighted by molar-refractivity contribution is 6.01. The first-order valence-corrected chi connectivity index (χ1v) is 7.08. The molecule has 0 bridgehead atoms. The summed E-state index contributed by atoms with van der Waals surface area (Å²) in [5, 5.41) is 2.43. The second-order valence-corrected chi connectivity index (χ2v) is 5.38. The van der Waals surface area contributed by atoms with Crippen LogP contribution in [0, 0.1) is 5.41 Å². The minimum atomic E-state index is -0.335. The zero-order valence-electron chi connectivity index (χ0n) is 11.7. The third-order valence-electron chi connectivity index (χ3n) is 3.80. The first kappa shape index (κ1) is 15.4.